The summed E-state index contributed by atoms with van der Waals surface area (Å²) in [5, 5.41) is 21.5. The summed E-state index contributed by atoms with van der Waals surface area (Å²) >= 11 is 0. The molecule has 10 nitrogen and oxygen atoms in total. The predicted molar refractivity (Wildman–Crippen MR) is 159 cm³/mol. The molecule has 3 heterocycles. The summed E-state index contributed by atoms with van der Waals surface area (Å²) in [4.78, 5) is 18.3. The Morgan fingerprint density at radius 3 is 2.36 bits per heavy atom. The summed E-state index contributed by atoms with van der Waals surface area (Å²) in [7, 11) is 0. The number of fused-ring (bicyclic) bond motifs is 1. The van der Waals surface area contributed by atoms with Gasteiger partial charge in [0.1, 0.15) is 17.9 Å². The van der Waals surface area contributed by atoms with Gasteiger partial charge in [0.15, 0.2) is 5.52 Å². The van der Waals surface area contributed by atoms with Gasteiger partial charge < -0.3 is 9.30 Å². The maximum atomic E-state index is 13.2. The molecule has 0 unspecified atom stereocenters. The van der Waals surface area contributed by atoms with Crippen molar-refractivity contribution < 1.29 is 4.74 Å². The molecule has 0 aliphatic heterocycles. The fourth-order valence-corrected chi connectivity index (χ4v) is 5.89. The Morgan fingerprint density at radius 2 is 1.60 bits per heavy atom. The van der Waals surface area contributed by atoms with E-state index in [0.717, 1.165) is 59.3 Å². The number of hydrogen-bond acceptors (Lipinski definition) is 7. The van der Waals surface area contributed by atoms with Crippen molar-refractivity contribution in [1.29, 1.82) is 0 Å². The molecular formula is C32H30N8O2. The van der Waals surface area contributed by atoms with Gasteiger partial charge in [-0.3, -0.25) is 4.79 Å². The number of ether oxygens (including phenoxy) is 1. The molecular weight excluding hydrogens is 528 g/mol. The van der Waals surface area contributed by atoms with Gasteiger partial charge in [0.25, 0.3) is 11.4 Å². The van der Waals surface area contributed by atoms with E-state index in [4.69, 9.17) is 9.72 Å². The molecule has 1 saturated carbocycles. The average Bonchev–Trinajstić information content (AvgIpc) is 3.72. The molecule has 3 aromatic heterocycles. The monoisotopic (exact) mass is 558 g/mol. The van der Waals surface area contributed by atoms with Crippen LogP contribution in [0, 0.1) is 0 Å². The van der Waals surface area contributed by atoms with E-state index in [0.29, 0.717) is 35.9 Å². The third kappa shape index (κ3) is 5.07. The van der Waals surface area contributed by atoms with Crippen molar-refractivity contribution in [3.63, 3.8) is 0 Å². The van der Waals surface area contributed by atoms with E-state index in [9.17, 15) is 4.79 Å². The zero-order chi connectivity index (χ0) is 28.3. The molecule has 1 fully saturated rings. The fraction of sp³-hybridized carbons (Fsp3) is 0.250. The Bertz CT molecular complexity index is 1860. The van der Waals surface area contributed by atoms with E-state index in [1.54, 1.807) is 0 Å². The van der Waals surface area contributed by atoms with Crippen LogP contribution >= 0.6 is 0 Å². The van der Waals surface area contributed by atoms with Gasteiger partial charge >= 0.3 is 0 Å². The Balaban J connectivity index is 1.25. The first kappa shape index (κ1) is 25.8. The first-order chi connectivity index (χ1) is 20.7. The highest BCUT2D eigenvalue weighted by atomic mass is 16.5. The largest absolute Gasteiger partial charge is 0.470 e. The van der Waals surface area contributed by atoms with Crippen LogP contribution in [-0.2, 0) is 13.2 Å². The molecule has 1 aliphatic carbocycles. The highest BCUT2D eigenvalue weighted by Crippen LogP contribution is 2.35. The van der Waals surface area contributed by atoms with E-state index < -0.39 is 0 Å². The summed E-state index contributed by atoms with van der Waals surface area (Å²) in [5.41, 5.74) is 5.80. The third-order valence-corrected chi connectivity index (χ3v) is 7.98. The Kier molecular flexibility index (Phi) is 7.01. The molecule has 10 heteroatoms. The number of aromatic amines is 2. The molecule has 0 bridgehead atoms. The predicted octanol–water partition coefficient (Wildman–Crippen LogP) is 5.64. The maximum absolute atomic E-state index is 13.2. The first-order valence-corrected chi connectivity index (χ1v) is 14.3. The van der Waals surface area contributed by atoms with Crippen LogP contribution in [0.4, 0.5) is 0 Å². The molecule has 6 aromatic rings. The lowest BCUT2D eigenvalue weighted by molar-refractivity contribution is 0.293. The summed E-state index contributed by atoms with van der Waals surface area (Å²) in [6, 6.07) is 26.3. The smallest absolute Gasteiger partial charge is 0.290 e. The second kappa shape index (κ2) is 11.4. The van der Waals surface area contributed by atoms with Crippen molar-refractivity contribution in [2.75, 3.05) is 0 Å². The highest BCUT2D eigenvalue weighted by molar-refractivity contribution is 5.81. The molecule has 7 rings (SSSR count). The number of H-pyrrole nitrogens is 2. The molecule has 2 N–H and O–H groups in total. The van der Waals surface area contributed by atoms with Crippen molar-refractivity contribution in [3.05, 3.63) is 106 Å². The first-order valence-electron chi connectivity index (χ1n) is 14.3. The van der Waals surface area contributed by atoms with Crippen LogP contribution in [0.2, 0.25) is 0 Å². The molecule has 1 aliphatic rings. The number of rotatable bonds is 8. The number of imidazole rings is 1. The van der Waals surface area contributed by atoms with Gasteiger partial charge in [0.2, 0.25) is 5.82 Å². The summed E-state index contributed by atoms with van der Waals surface area (Å²) in [5.74, 6) is 2.11. The highest BCUT2D eigenvalue weighted by Gasteiger charge is 2.26. The van der Waals surface area contributed by atoms with Crippen molar-refractivity contribution in [2.24, 2.45) is 0 Å². The molecule has 0 saturated heterocycles. The Morgan fingerprint density at radius 1 is 0.833 bits per heavy atom. The molecule has 210 valence electrons. The Labute approximate surface area is 241 Å². The fourth-order valence-electron chi connectivity index (χ4n) is 5.89. The summed E-state index contributed by atoms with van der Waals surface area (Å²) in [6.45, 7) is 0.855. The second-order valence-electron chi connectivity index (χ2n) is 10.7. The lowest BCUT2D eigenvalue weighted by Crippen LogP contribution is -2.17. The van der Waals surface area contributed by atoms with Crippen LogP contribution in [0.25, 0.3) is 33.5 Å². The van der Waals surface area contributed by atoms with Crippen LogP contribution in [0.3, 0.4) is 0 Å². The standard InChI is InChI=1S/C32H30N8O2/c41-31-28-27(32(37-36-31)42-20-22-9-3-1-4-10-22)33-30(24-11-5-2-6-12-24)40(28)19-21-15-17-23(18-16-21)25-13-7-8-14-26(25)29-34-38-39-35-29/h1,3-4,7-10,13-18,24H,2,5-6,11-12,19-20H2,(H,36,41)(H,34,35,38,39). The van der Waals surface area contributed by atoms with Crippen molar-refractivity contribution in [2.45, 2.75) is 51.2 Å². The van der Waals surface area contributed by atoms with Crippen molar-refractivity contribution in [3.8, 4) is 28.4 Å². The van der Waals surface area contributed by atoms with Crippen molar-refractivity contribution >= 4 is 11.0 Å². The molecule has 0 spiro atoms. The van der Waals surface area contributed by atoms with Crippen molar-refractivity contribution in [1.82, 2.24) is 40.4 Å². The van der Waals surface area contributed by atoms with Gasteiger partial charge in [-0.1, -0.05) is 98.1 Å². The van der Waals surface area contributed by atoms with E-state index >= 15 is 0 Å². The number of benzene rings is 3. The minimum absolute atomic E-state index is 0.266. The average molecular weight is 559 g/mol. The molecule has 0 amide bonds. The number of nitrogens with zero attached hydrogens (tertiary/aromatic N) is 6. The van der Waals surface area contributed by atoms with Crippen LogP contribution in [0.15, 0.2) is 83.7 Å². The Hall–Kier alpha value is -5.12. The second-order valence-corrected chi connectivity index (χ2v) is 10.7. The quantitative estimate of drug-likeness (QED) is 0.247. The topological polar surface area (TPSA) is 127 Å². The molecule has 0 radical (unpaired) electrons. The third-order valence-electron chi connectivity index (χ3n) is 7.98. The summed E-state index contributed by atoms with van der Waals surface area (Å²) < 4.78 is 8.17. The SMILES string of the molecule is O=c1[nH]nc(OCc2ccccc2)c2nc(C3CCCCC3)n(Cc3ccc(-c4ccccc4-c4nn[nH]n4)cc3)c12. The van der Waals surface area contributed by atoms with Crippen LogP contribution < -0.4 is 10.3 Å². The van der Waals surface area contributed by atoms with Gasteiger partial charge in [-0.05, 0) is 40.3 Å². The van der Waals surface area contributed by atoms with Gasteiger partial charge in [0, 0.05) is 18.0 Å². The van der Waals surface area contributed by atoms with E-state index in [1.807, 2.05) is 48.5 Å². The molecule has 3 aromatic carbocycles. The minimum atomic E-state index is -0.266. The summed E-state index contributed by atoms with van der Waals surface area (Å²) in [6.07, 6.45) is 5.67. The van der Waals surface area contributed by atoms with E-state index in [-0.39, 0.29) is 11.5 Å². The maximum Gasteiger partial charge on any atom is 0.290 e. The normalized spacial score (nSPS) is 13.9. The number of hydrogen-bond donors (Lipinski definition) is 2. The van der Waals surface area contributed by atoms with Crippen LogP contribution in [-0.4, -0.2) is 40.4 Å². The van der Waals surface area contributed by atoms with E-state index in [1.165, 1.54) is 6.42 Å². The van der Waals surface area contributed by atoms with E-state index in [2.05, 4.69) is 65.7 Å². The zero-order valence-electron chi connectivity index (χ0n) is 23.0. The van der Waals surface area contributed by atoms with Crippen LogP contribution in [0.5, 0.6) is 5.88 Å². The zero-order valence-corrected chi connectivity index (χ0v) is 23.0. The number of nitrogens with one attached hydrogen (secondary N) is 2. The van der Waals surface area contributed by atoms with Gasteiger partial charge in [-0.15, -0.1) is 15.3 Å². The minimum Gasteiger partial charge on any atom is -0.470 e. The number of aromatic nitrogens is 8. The molecule has 42 heavy (non-hydrogen) atoms. The number of tetrazole rings is 1. The van der Waals surface area contributed by atoms with Gasteiger partial charge in [-0.2, -0.15) is 5.21 Å². The lowest BCUT2D eigenvalue weighted by atomic mass is 9.88. The lowest BCUT2D eigenvalue weighted by Gasteiger charge is -2.22. The van der Waals surface area contributed by atoms with Crippen LogP contribution in [0.1, 0.15) is 55.0 Å². The molecule has 0 atom stereocenters. The van der Waals surface area contributed by atoms with Gasteiger partial charge in [0.05, 0.1) is 0 Å². The van der Waals surface area contributed by atoms with Gasteiger partial charge in [-0.25, -0.2) is 10.1 Å².